The number of ether oxygens (including phenoxy) is 2. The van der Waals surface area contributed by atoms with E-state index in [1.807, 2.05) is 24.3 Å². The minimum atomic E-state index is -0.111. The average Bonchev–Trinajstić information content (AvgIpc) is 2.89. The van der Waals surface area contributed by atoms with Gasteiger partial charge in [0.2, 0.25) is 0 Å². The van der Waals surface area contributed by atoms with Gasteiger partial charge in [0.15, 0.2) is 0 Å². The minimum absolute atomic E-state index is 0.111. The van der Waals surface area contributed by atoms with Crippen LogP contribution in [0.1, 0.15) is 129 Å². The number of hydrogen-bond donors (Lipinski definition) is 2. The fourth-order valence-corrected chi connectivity index (χ4v) is 5.82. The number of thioether (sulfide) groups is 1. The van der Waals surface area contributed by atoms with Crippen LogP contribution in [0, 0.1) is 0 Å². The maximum Gasteiger partial charge on any atom is 0.123 e. The van der Waals surface area contributed by atoms with Crippen molar-refractivity contribution in [3.05, 3.63) is 82.3 Å². The summed E-state index contributed by atoms with van der Waals surface area (Å²) < 4.78 is 11.4. The zero-order valence-corrected chi connectivity index (χ0v) is 31.2. The molecule has 0 aliphatic heterocycles. The molecule has 0 aliphatic carbocycles. The molecule has 45 heavy (non-hydrogen) atoms. The first-order valence-corrected chi connectivity index (χ1v) is 17.7. The predicted molar refractivity (Wildman–Crippen MR) is 195 cm³/mol. The van der Waals surface area contributed by atoms with Gasteiger partial charge in [0.25, 0.3) is 0 Å². The number of hydrogen-bond acceptors (Lipinski definition) is 5. The van der Waals surface area contributed by atoms with E-state index >= 15 is 0 Å². The Morgan fingerprint density at radius 1 is 0.533 bits per heavy atom. The summed E-state index contributed by atoms with van der Waals surface area (Å²) in [5.74, 6) is 2.72. The molecule has 0 aliphatic rings. The van der Waals surface area contributed by atoms with Crippen LogP contribution in [0.25, 0.3) is 0 Å². The van der Waals surface area contributed by atoms with Crippen molar-refractivity contribution >= 4 is 11.8 Å². The van der Waals surface area contributed by atoms with Crippen molar-refractivity contribution in [3.8, 4) is 11.5 Å². The van der Waals surface area contributed by atoms with Crippen LogP contribution in [0.2, 0.25) is 0 Å². The lowest BCUT2D eigenvalue weighted by molar-refractivity contribution is 0.267. The fourth-order valence-electron chi connectivity index (χ4n) is 5.19. The molecule has 2 aromatic carbocycles. The van der Waals surface area contributed by atoms with Gasteiger partial charge in [0.05, 0.1) is 25.7 Å². The lowest BCUT2D eigenvalue weighted by atomic mass is 9.78. The van der Waals surface area contributed by atoms with E-state index in [9.17, 15) is 10.2 Å². The van der Waals surface area contributed by atoms with Crippen molar-refractivity contribution in [2.45, 2.75) is 130 Å². The summed E-state index contributed by atoms with van der Waals surface area (Å²) in [5, 5.41) is 21.9. The highest BCUT2D eigenvalue weighted by molar-refractivity contribution is 7.99. The third kappa shape index (κ3) is 12.6. The van der Waals surface area contributed by atoms with Crippen molar-refractivity contribution in [2.24, 2.45) is 0 Å². The van der Waals surface area contributed by atoms with E-state index in [0.717, 1.165) is 59.4 Å². The molecule has 0 fully saturated rings. The zero-order chi connectivity index (χ0) is 34.1. The van der Waals surface area contributed by atoms with Crippen LogP contribution in [-0.2, 0) is 44.0 Å². The number of phenolic OH excluding ortho intramolecular Hbond substituents is 2. The van der Waals surface area contributed by atoms with Crippen molar-refractivity contribution in [3.63, 3.8) is 0 Å². The van der Waals surface area contributed by atoms with Gasteiger partial charge in [-0.2, -0.15) is 11.8 Å². The summed E-state index contributed by atoms with van der Waals surface area (Å²) in [4.78, 5) is 0. The number of aromatic hydroxyl groups is 2. The van der Waals surface area contributed by atoms with Crippen LogP contribution in [0.5, 0.6) is 11.5 Å². The van der Waals surface area contributed by atoms with Crippen LogP contribution < -0.4 is 0 Å². The van der Waals surface area contributed by atoms with E-state index in [4.69, 9.17) is 9.47 Å². The maximum atomic E-state index is 10.9. The largest absolute Gasteiger partial charge is 0.507 e. The molecule has 0 bridgehead atoms. The summed E-state index contributed by atoms with van der Waals surface area (Å²) in [5.41, 5.74) is 6.12. The second-order valence-corrected chi connectivity index (χ2v) is 17.5. The standard InChI is InChI=1S/C40H62O4S/c1-37(2,3)31-25-29(26-32(35(31)41)38(4,5)6)17-13-15-19-43-21-23-45-24-22-44-20-16-14-18-30-27-33(39(7,8)9)36(42)34(28-30)40(10,11)12/h15-16,19-20,25-28,41-42H,13-14,17-18,21-24H2,1-12H3. The van der Waals surface area contributed by atoms with Crippen LogP contribution >= 0.6 is 11.8 Å². The fraction of sp³-hybridized carbons (Fsp3) is 0.600. The minimum Gasteiger partial charge on any atom is -0.507 e. The Morgan fingerprint density at radius 3 is 1.09 bits per heavy atom. The van der Waals surface area contributed by atoms with Gasteiger partial charge in [-0.15, -0.1) is 0 Å². The first kappa shape index (κ1) is 38.7. The van der Waals surface area contributed by atoms with Gasteiger partial charge in [0.1, 0.15) is 11.5 Å². The molecule has 5 heteroatoms. The molecule has 4 nitrogen and oxygen atoms in total. The maximum absolute atomic E-state index is 10.9. The Morgan fingerprint density at radius 2 is 0.822 bits per heavy atom. The molecule has 2 N–H and O–H groups in total. The van der Waals surface area contributed by atoms with Crippen molar-refractivity contribution in [2.75, 3.05) is 24.7 Å². The van der Waals surface area contributed by atoms with Gasteiger partial charge in [-0.05, 0) is 92.9 Å². The topological polar surface area (TPSA) is 58.9 Å². The van der Waals surface area contributed by atoms with Gasteiger partial charge in [0, 0.05) is 11.5 Å². The second kappa shape index (κ2) is 16.3. The molecule has 2 aromatic rings. The van der Waals surface area contributed by atoms with E-state index < -0.39 is 0 Å². The van der Waals surface area contributed by atoms with Crippen LogP contribution in [-0.4, -0.2) is 34.9 Å². The van der Waals surface area contributed by atoms with E-state index in [0.29, 0.717) is 24.7 Å². The molecule has 0 radical (unpaired) electrons. The first-order valence-electron chi connectivity index (χ1n) is 16.6. The molecule has 0 spiro atoms. The highest BCUT2D eigenvalue weighted by Gasteiger charge is 2.27. The highest BCUT2D eigenvalue weighted by Crippen LogP contribution is 2.41. The molecule has 0 unspecified atom stereocenters. The lowest BCUT2D eigenvalue weighted by Gasteiger charge is -2.28. The zero-order valence-electron chi connectivity index (χ0n) is 30.4. The summed E-state index contributed by atoms with van der Waals surface area (Å²) in [6.07, 6.45) is 11.4. The first-order chi connectivity index (χ1) is 20.7. The van der Waals surface area contributed by atoms with Crippen molar-refractivity contribution in [1.82, 2.24) is 0 Å². The molecule has 0 aromatic heterocycles. The van der Waals surface area contributed by atoms with Gasteiger partial charge in [-0.1, -0.05) is 107 Å². The average molecular weight is 639 g/mol. The summed E-state index contributed by atoms with van der Waals surface area (Å²) >= 11 is 1.83. The van der Waals surface area contributed by atoms with Crippen LogP contribution in [0.4, 0.5) is 0 Å². The predicted octanol–water partition coefficient (Wildman–Crippen LogP) is 10.6. The molecule has 0 amide bonds. The van der Waals surface area contributed by atoms with Crippen molar-refractivity contribution < 1.29 is 19.7 Å². The van der Waals surface area contributed by atoms with E-state index in [1.165, 1.54) is 11.1 Å². The SMILES string of the molecule is CC(C)(C)c1cc(CCC=COCCSCCOC=CCCc2cc(C(C)(C)C)c(O)c(C(C)(C)C)c2)cc(C(C)(C)C)c1O. The monoisotopic (exact) mass is 638 g/mol. The molecule has 0 atom stereocenters. The molecule has 0 saturated heterocycles. The Kier molecular flexibility index (Phi) is 14.0. The summed E-state index contributed by atoms with van der Waals surface area (Å²) in [6, 6.07) is 8.64. The Labute approximate surface area is 279 Å². The molecule has 0 heterocycles. The molecular weight excluding hydrogens is 577 g/mol. The van der Waals surface area contributed by atoms with E-state index in [2.05, 4.69) is 120 Å². The Bertz CT molecular complexity index is 1110. The third-order valence-corrected chi connectivity index (χ3v) is 8.76. The number of rotatable bonds is 14. The molecule has 2 rings (SSSR count). The van der Waals surface area contributed by atoms with E-state index in [1.54, 1.807) is 0 Å². The van der Waals surface area contributed by atoms with Gasteiger partial charge in [-0.3, -0.25) is 0 Å². The molecular formula is C40H62O4S. The Balaban J connectivity index is 1.67. The van der Waals surface area contributed by atoms with Crippen LogP contribution in [0.15, 0.2) is 48.9 Å². The van der Waals surface area contributed by atoms with Gasteiger partial charge in [-0.25, -0.2) is 0 Å². The lowest BCUT2D eigenvalue weighted by Crippen LogP contribution is -2.18. The van der Waals surface area contributed by atoms with Crippen LogP contribution in [0.3, 0.4) is 0 Å². The molecule has 252 valence electrons. The summed E-state index contributed by atoms with van der Waals surface area (Å²) in [7, 11) is 0. The normalized spacial score (nSPS) is 13.2. The second-order valence-electron chi connectivity index (χ2n) is 16.3. The van der Waals surface area contributed by atoms with E-state index in [-0.39, 0.29) is 21.7 Å². The number of allylic oxidation sites excluding steroid dienone is 2. The highest BCUT2D eigenvalue weighted by atomic mass is 32.2. The smallest absolute Gasteiger partial charge is 0.123 e. The number of phenols is 2. The number of benzene rings is 2. The van der Waals surface area contributed by atoms with Gasteiger partial charge < -0.3 is 19.7 Å². The summed E-state index contributed by atoms with van der Waals surface area (Å²) in [6.45, 7) is 27.2. The quantitative estimate of drug-likeness (QED) is 0.159. The Hall–Kier alpha value is -2.53. The number of aryl methyl sites for hydroxylation is 2. The van der Waals surface area contributed by atoms with Crippen molar-refractivity contribution in [1.29, 1.82) is 0 Å². The van der Waals surface area contributed by atoms with Gasteiger partial charge >= 0.3 is 0 Å². The third-order valence-electron chi connectivity index (χ3n) is 7.85. The molecule has 0 saturated carbocycles.